The molecule has 2 aromatic carbocycles. The summed E-state index contributed by atoms with van der Waals surface area (Å²) in [6, 6.07) is 7.45. The summed E-state index contributed by atoms with van der Waals surface area (Å²) in [5.41, 5.74) is 0.498. The average Bonchev–Trinajstić information content (AvgIpc) is 2.59. The van der Waals surface area contributed by atoms with Gasteiger partial charge in [0, 0.05) is 12.2 Å². The van der Waals surface area contributed by atoms with Crippen LogP contribution in [0.2, 0.25) is 0 Å². The number of hydrogen-bond acceptors (Lipinski definition) is 3. The number of nitrogens with zero attached hydrogens (tertiary/aromatic N) is 1. The van der Waals surface area contributed by atoms with E-state index in [1.165, 1.54) is 0 Å². The minimum absolute atomic E-state index is 0.0345. The lowest BCUT2D eigenvalue weighted by atomic mass is 10.1. The van der Waals surface area contributed by atoms with Crippen LogP contribution in [0.3, 0.4) is 0 Å². The van der Waals surface area contributed by atoms with Crippen molar-refractivity contribution in [3.63, 3.8) is 0 Å². The molecule has 1 aliphatic rings. The van der Waals surface area contributed by atoms with Crippen LogP contribution in [0.5, 0.6) is 5.75 Å². The van der Waals surface area contributed by atoms with Gasteiger partial charge in [0.05, 0.1) is 11.3 Å². The Kier molecular flexibility index (Phi) is 4.65. The predicted molar refractivity (Wildman–Crippen MR) is 88.9 cm³/mol. The lowest BCUT2D eigenvalue weighted by Crippen LogP contribution is -2.39. The zero-order chi connectivity index (χ0) is 18.0. The van der Waals surface area contributed by atoms with E-state index in [-0.39, 0.29) is 12.5 Å². The number of hydrogen-bond donors (Lipinski definition) is 1. The summed E-state index contributed by atoms with van der Waals surface area (Å²) >= 11 is 0. The number of carbonyl (C=O) groups excluding carboxylic acids is 2. The maximum atomic E-state index is 13.7. The molecule has 0 unspecified atom stereocenters. The van der Waals surface area contributed by atoms with Gasteiger partial charge in [0.25, 0.3) is 11.8 Å². The van der Waals surface area contributed by atoms with Crippen molar-refractivity contribution >= 4 is 23.2 Å². The Morgan fingerprint density at radius 1 is 1.24 bits per heavy atom. The minimum atomic E-state index is -0.817. The topological polar surface area (TPSA) is 58.6 Å². The second-order valence-electron chi connectivity index (χ2n) is 5.59. The molecule has 0 aliphatic carbocycles. The highest BCUT2D eigenvalue weighted by molar-refractivity contribution is 6.05. The molecule has 25 heavy (non-hydrogen) atoms. The van der Waals surface area contributed by atoms with E-state index < -0.39 is 23.1 Å². The number of benzene rings is 2. The number of anilines is 2. The third-order valence-electron chi connectivity index (χ3n) is 3.78. The Morgan fingerprint density at radius 3 is 2.80 bits per heavy atom. The SMILES string of the molecule is CCCN1C(=O)COc2ccc(NC(=O)c3cc(F)ccc3F)cc21. The summed E-state index contributed by atoms with van der Waals surface area (Å²) in [5.74, 6) is -1.94. The molecule has 0 radical (unpaired) electrons. The summed E-state index contributed by atoms with van der Waals surface area (Å²) in [4.78, 5) is 25.8. The Morgan fingerprint density at radius 2 is 2.04 bits per heavy atom. The monoisotopic (exact) mass is 346 g/mol. The van der Waals surface area contributed by atoms with Gasteiger partial charge < -0.3 is 15.0 Å². The van der Waals surface area contributed by atoms with E-state index in [0.29, 0.717) is 23.7 Å². The van der Waals surface area contributed by atoms with Gasteiger partial charge in [0.15, 0.2) is 6.61 Å². The molecule has 0 atom stereocenters. The van der Waals surface area contributed by atoms with Crippen molar-refractivity contribution in [3.05, 3.63) is 53.6 Å². The highest BCUT2D eigenvalue weighted by atomic mass is 19.1. The molecule has 1 aliphatic heterocycles. The van der Waals surface area contributed by atoms with Gasteiger partial charge in [-0.3, -0.25) is 9.59 Å². The van der Waals surface area contributed by atoms with Crippen molar-refractivity contribution in [3.8, 4) is 5.75 Å². The second kappa shape index (κ2) is 6.88. The van der Waals surface area contributed by atoms with Crippen LogP contribution in [-0.4, -0.2) is 25.0 Å². The number of ether oxygens (including phenoxy) is 1. The highest BCUT2D eigenvalue weighted by Crippen LogP contribution is 2.34. The van der Waals surface area contributed by atoms with E-state index in [1.807, 2.05) is 6.92 Å². The molecule has 0 aromatic heterocycles. The lowest BCUT2D eigenvalue weighted by molar-refractivity contribution is -0.121. The van der Waals surface area contributed by atoms with Crippen molar-refractivity contribution in [2.45, 2.75) is 13.3 Å². The van der Waals surface area contributed by atoms with E-state index in [9.17, 15) is 18.4 Å². The molecule has 3 rings (SSSR count). The first kappa shape index (κ1) is 16.9. The normalized spacial score (nSPS) is 13.2. The number of carbonyl (C=O) groups is 2. The van der Waals surface area contributed by atoms with Crippen molar-refractivity contribution in [1.29, 1.82) is 0 Å². The Labute approximate surface area is 143 Å². The summed E-state index contributed by atoms with van der Waals surface area (Å²) in [6.45, 7) is 2.43. The molecule has 1 N–H and O–H groups in total. The smallest absolute Gasteiger partial charge is 0.265 e. The maximum Gasteiger partial charge on any atom is 0.265 e. The van der Waals surface area contributed by atoms with Crippen molar-refractivity contribution < 1.29 is 23.1 Å². The molecule has 0 saturated heterocycles. The molecule has 7 heteroatoms. The van der Waals surface area contributed by atoms with Crippen LogP contribution in [-0.2, 0) is 4.79 Å². The molecule has 0 bridgehead atoms. The predicted octanol–water partition coefficient (Wildman–Crippen LogP) is 3.35. The average molecular weight is 346 g/mol. The quantitative estimate of drug-likeness (QED) is 0.924. The van der Waals surface area contributed by atoms with E-state index in [0.717, 1.165) is 24.6 Å². The fraction of sp³-hybridized carbons (Fsp3) is 0.222. The minimum Gasteiger partial charge on any atom is -0.482 e. The molecule has 0 spiro atoms. The Balaban J connectivity index is 1.88. The molecule has 0 fully saturated rings. The molecule has 130 valence electrons. The number of nitrogens with one attached hydrogen (secondary N) is 1. The number of rotatable bonds is 4. The fourth-order valence-electron chi connectivity index (χ4n) is 2.62. The van der Waals surface area contributed by atoms with Crippen LogP contribution in [0, 0.1) is 11.6 Å². The van der Waals surface area contributed by atoms with E-state index >= 15 is 0 Å². The first-order chi connectivity index (χ1) is 12.0. The van der Waals surface area contributed by atoms with Gasteiger partial charge in [-0.05, 0) is 42.8 Å². The zero-order valence-electron chi connectivity index (χ0n) is 13.5. The van der Waals surface area contributed by atoms with Crippen LogP contribution >= 0.6 is 0 Å². The Hall–Kier alpha value is -2.96. The van der Waals surface area contributed by atoms with Crippen LogP contribution in [0.15, 0.2) is 36.4 Å². The van der Waals surface area contributed by atoms with Crippen molar-refractivity contribution in [1.82, 2.24) is 0 Å². The van der Waals surface area contributed by atoms with Gasteiger partial charge >= 0.3 is 0 Å². The molecular formula is C18H16F2N2O3. The largest absolute Gasteiger partial charge is 0.482 e. The third kappa shape index (κ3) is 3.45. The molecule has 0 saturated carbocycles. The van der Waals surface area contributed by atoms with E-state index in [2.05, 4.69) is 5.32 Å². The highest BCUT2D eigenvalue weighted by Gasteiger charge is 2.25. The van der Waals surface area contributed by atoms with E-state index in [1.54, 1.807) is 23.1 Å². The van der Waals surface area contributed by atoms with Crippen LogP contribution < -0.4 is 15.0 Å². The van der Waals surface area contributed by atoms with E-state index in [4.69, 9.17) is 4.74 Å². The van der Waals surface area contributed by atoms with Crippen LogP contribution in [0.4, 0.5) is 20.2 Å². The maximum absolute atomic E-state index is 13.7. The number of fused-ring (bicyclic) bond motifs is 1. The molecular weight excluding hydrogens is 330 g/mol. The molecule has 5 nitrogen and oxygen atoms in total. The summed E-state index contributed by atoms with van der Waals surface area (Å²) in [6.07, 6.45) is 0.760. The molecule has 2 aromatic rings. The molecule has 1 heterocycles. The summed E-state index contributed by atoms with van der Waals surface area (Å²) in [5, 5.41) is 2.51. The van der Waals surface area contributed by atoms with Crippen LogP contribution in [0.25, 0.3) is 0 Å². The zero-order valence-corrected chi connectivity index (χ0v) is 13.5. The van der Waals surface area contributed by atoms with Gasteiger partial charge in [-0.2, -0.15) is 0 Å². The van der Waals surface area contributed by atoms with Gasteiger partial charge in [0.2, 0.25) is 0 Å². The summed E-state index contributed by atoms with van der Waals surface area (Å²) in [7, 11) is 0. The number of halogens is 2. The number of amides is 2. The lowest BCUT2D eigenvalue weighted by Gasteiger charge is -2.29. The first-order valence-corrected chi connectivity index (χ1v) is 7.83. The second-order valence-corrected chi connectivity index (χ2v) is 5.59. The standard InChI is InChI=1S/C18H16F2N2O3/c1-2-7-22-15-9-12(4-6-16(15)25-10-17(22)23)21-18(24)13-8-11(19)3-5-14(13)20/h3-6,8-9H,2,7,10H2,1H3,(H,21,24). The van der Waals surface area contributed by atoms with Gasteiger partial charge in [-0.15, -0.1) is 0 Å². The van der Waals surface area contributed by atoms with Gasteiger partial charge in [0.1, 0.15) is 17.4 Å². The third-order valence-corrected chi connectivity index (χ3v) is 3.78. The fourth-order valence-corrected chi connectivity index (χ4v) is 2.62. The van der Waals surface area contributed by atoms with Gasteiger partial charge in [-0.1, -0.05) is 6.92 Å². The van der Waals surface area contributed by atoms with Gasteiger partial charge in [-0.25, -0.2) is 8.78 Å². The summed E-state index contributed by atoms with van der Waals surface area (Å²) < 4.78 is 32.3. The van der Waals surface area contributed by atoms with Crippen LogP contribution in [0.1, 0.15) is 23.7 Å². The Bertz CT molecular complexity index is 839. The van der Waals surface area contributed by atoms with Crippen molar-refractivity contribution in [2.75, 3.05) is 23.4 Å². The van der Waals surface area contributed by atoms with Crippen molar-refractivity contribution in [2.24, 2.45) is 0 Å². The first-order valence-electron chi connectivity index (χ1n) is 7.83. The molecule has 2 amide bonds.